The maximum Gasteiger partial charge on any atom is 0.237 e. The van der Waals surface area contributed by atoms with E-state index in [1.54, 1.807) is 4.90 Å². The van der Waals surface area contributed by atoms with Crippen LogP contribution in [0.1, 0.15) is 59.3 Å². The van der Waals surface area contributed by atoms with Crippen molar-refractivity contribution in [3.63, 3.8) is 0 Å². The summed E-state index contributed by atoms with van der Waals surface area (Å²) in [6, 6.07) is 2.32. The predicted molar refractivity (Wildman–Crippen MR) is 88.9 cm³/mol. The van der Waals surface area contributed by atoms with Crippen LogP contribution in [0.15, 0.2) is 5.16 Å². The molecule has 0 unspecified atom stereocenters. The van der Waals surface area contributed by atoms with Crippen LogP contribution in [0.5, 0.6) is 0 Å². The van der Waals surface area contributed by atoms with Gasteiger partial charge in [0.15, 0.2) is 0 Å². The highest BCUT2D eigenvalue weighted by Gasteiger charge is 2.28. The van der Waals surface area contributed by atoms with Gasteiger partial charge in [-0.25, -0.2) is 0 Å². The Labute approximate surface area is 138 Å². The first-order chi connectivity index (χ1) is 10.9. The number of nitriles is 1. The average molecular weight is 320 g/mol. The number of hydrogen-bond acceptors (Lipinski definition) is 5. The molecule has 1 heterocycles. The summed E-state index contributed by atoms with van der Waals surface area (Å²) in [7, 11) is 0. The number of nitrogens with one attached hydrogen (secondary N) is 1. The number of carbonyl (C=O) groups excluding carboxylic acids is 1. The fourth-order valence-corrected chi connectivity index (χ4v) is 2.98. The van der Waals surface area contributed by atoms with Gasteiger partial charge in [0.2, 0.25) is 5.91 Å². The summed E-state index contributed by atoms with van der Waals surface area (Å²) in [4.78, 5) is 19.4. The molecule has 1 aliphatic carbocycles. The quantitative estimate of drug-likeness (QED) is 0.806. The van der Waals surface area contributed by atoms with E-state index < -0.39 is 0 Å². The monoisotopic (exact) mass is 320 g/mol. The third-order valence-corrected chi connectivity index (χ3v) is 4.28. The van der Waals surface area contributed by atoms with Crippen molar-refractivity contribution in [2.24, 2.45) is 5.16 Å². The summed E-state index contributed by atoms with van der Waals surface area (Å²) in [6.45, 7) is 7.01. The molecule has 0 aromatic rings. The second-order valence-corrected chi connectivity index (χ2v) is 7.39. The Morgan fingerprint density at radius 2 is 2.09 bits per heavy atom. The van der Waals surface area contributed by atoms with Crippen LogP contribution in [-0.4, -0.2) is 47.3 Å². The Morgan fingerprint density at radius 1 is 1.39 bits per heavy atom. The van der Waals surface area contributed by atoms with Gasteiger partial charge in [0.05, 0.1) is 18.3 Å². The fraction of sp³-hybridized carbons (Fsp3) is 0.824. The van der Waals surface area contributed by atoms with Crippen molar-refractivity contribution in [3.8, 4) is 6.07 Å². The van der Waals surface area contributed by atoms with E-state index in [9.17, 15) is 4.79 Å². The van der Waals surface area contributed by atoms with Crippen LogP contribution in [0, 0.1) is 11.3 Å². The normalized spacial score (nSPS) is 25.1. The molecule has 2 aliphatic rings. The van der Waals surface area contributed by atoms with Crippen molar-refractivity contribution in [1.82, 2.24) is 10.2 Å². The van der Waals surface area contributed by atoms with Gasteiger partial charge in [-0.2, -0.15) is 5.26 Å². The largest absolute Gasteiger partial charge is 0.390 e. The highest BCUT2D eigenvalue weighted by atomic mass is 16.6. The molecule has 0 bridgehead atoms. The molecule has 0 aromatic carbocycles. The van der Waals surface area contributed by atoms with Gasteiger partial charge >= 0.3 is 0 Å². The molecular weight excluding hydrogens is 292 g/mol. The van der Waals surface area contributed by atoms with E-state index in [0.29, 0.717) is 19.1 Å². The first kappa shape index (κ1) is 17.7. The Hall–Kier alpha value is -1.61. The molecule has 1 N–H and O–H groups in total. The van der Waals surface area contributed by atoms with Crippen molar-refractivity contribution < 1.29 is 9.63 Å². The Balaban J connectivity index is 1.71. The highest BCUT2D eigenvalue weighted by Crippen LogP contribution is 2.19. The maximum absolute atomic E-state index is 12.2. The number of likely N-dealkylation sites (tertiary alicyclic amines) is 1. The smallest absolute Gasteiger partial charge is 0.237 e. The molecule has 23 heavy (non-hydrogen) atoms. The number of nitrogens with zero attached hydrogens (tertiary/aromatic N) is 3. The summed E-state index contributed by atoms with van der Waals surface area (Å²) < 4.78 is 0. The van der Waals surface area contributed by atoms with E-state index >= 15 is 0 Å². The summed E-state index contributed by atoms with van der Waals surface area (Å²) in [5.74, 6) is 0.0459. The number of oxime groups is 1. The molecule has 0 radical (unpaired) electrons. The SMILES string of the molecule is CC(C)(C)ON=C1CCC(NCC(=O)N2CCC[C@H]2C#N)CC1. The average Bonchev–Trinajstić information content (AvgIpc) is 2.99. The van der Waals surface area contributed by atoms with E-state index in [0.717, 1.165) is 44.2 Å². The first-order valence-corrected chi connectivity index (χ1v) is 8.55. The molecule has 6 heteroatoms. The van der Waals surface area contributed by atoms with E-state index in [2.05, 4.69) is 16.5 Å². The minimum absolute atomic E-state index is 0.0459. The standard InChI is InChI=1S/C17H28N4O2/c1-17(2,3)23-20-14-8-6-13(7-9-14)19-12-16(22)21-10-4-5-15(21)11-18/h13,15,19H,4-10,12H2,1-3H3/t13?,15-/m0/s1. The van der Waals surface area contributed by atoms with Gasteiger partial charge in [-0.15, -0.1) is 0 Å². The Morgan fingerprint density at radius 3 is 2.70 bits per heavy atom. The van der Waals surface area contributed by atoms with Crippen LogP contribution in [0.4, 0.5) is 0 Å². The number of rotatable bonds is 4. The third kappa shape index (κ3) is 5.51. The Bertz CT molecular complexity index is 480. The summed E-state index contributed by atoms with van der Waals surface area (Å²) >= 11 is 0. The second-order valence-electron chi connectivity index (χ2n) is 7.39. The van der Waals surface area contributed by atoms with Crippen LogP contribution in [-0.2, 0) is 9.63 Å². The Kier molecular flexibility index (Phi) is 6.00. The molecule has 128 valence electrons. The highest BCUT2D eigenvalue weighted by molar-refractivity contribution is 5.84. The van der Waals surface area contributed by atoms with Crippen molar-refractivity contribution in [3.05, 3.63) is 0 Å². The van der Waals surface area contributed by atoms with Gasteiger partial charge in [-0.1, -0.05) is 5.16 Å². The molecule has 6 nitrogen and oxygen atoms in total. The van der Waals surface area contributed by atoms with Crippen molar-refractivity contribution in [1.29, 1.82) is 5.26 Å². The van der Waals surface area contributed by atoms with Crippen LogP contribution in [0.25, 0.3) is 0 Å². The topological polar surface area (TPSA) is 77.7 Å². The van der Waals surface area contributed by atoms with Gasteiger partial charge < -0.3 is 15.1 Å². The lowest BCUT2D eigenvalue weighted by Crippen LogP contribution is -2.44. The van der Waals surface area contributed by atoms with Gasteiger partial charge in [-0.05, 0) is 59.3 Å². The summed E-state index contributed by atoms with van der Waals surface area (Å²) in [5.41, 5.74) is 0.857. The lowest BCUT2D eigenvalue weighted by molar-refractivity contribution is -0.130. The van der Waals surface area contributed by atoms with Gasteiger partial charge in [0, 0.05) is 12.6 Å². The van der Waals surface area contributed by atoms with Gasteiger partial charge in [-0.3, -0.25) is 4.79 Å². The first-order valence-electron chi connectivity index (χ1n) is 8.55. The predicted octanol–water partition coefficient (Wildman–Crippen LogP) is 2.20. The zero-order valence-electron chi connectivity index (χ0n) is 14.5. The van der Waals surface area contributed by atoms with Crippen LogP contribution < -0.4 is 5.32 Å². The third-order valence-electron chi connectivity index (χ3n) is 4.28. The molecule has 1 saturated heterocycles. The van der Waals surface area contributed by atoms with Crippen LogP contribution >= 0.6 is 0 Å². The zero-order chi connectivity index (χ0) is 16.9. The maximum atomic E-state index is 12.2. The molecular formula is C17H28N4O2. The lowest BCUT2D eigenvalue weighted by Gasteiger charge is -2.26. The number of carbonyl (C=O) groups is 1. The zero-order valence-corrected chi connectivity index (χ0v) is 14.5. The molecule has 1 aliphatic heterocycles. The van der Waals surface area contributed by atoms with Crippen LogP contribution in [0.2, 0.25) is 0 Å². The number of hydrogen-bond donors (Lipinski definition) is 1. The minimum atomic E-state index is -0.248. The summed E-state index contributed by atoms with van der Waals surface area (Å²) in [6.07, 6.45) is 5.50. The minimum Gasteiger partial charge on any atom is -0.390 e. The molecule has 0 aromatic heterocycles. The second kappa shape index (κ2) is 7.78. The molecule has 0 spiro atoms. The molecule has 2 rings (SSSR count). The van der Waals surface area contributed by atoms with Gasteiger partial charge in [0.1, 0.15) is 11.6 Å². The van der Waals surface area contributed by atoms with Crippen molar-refractivity contribution >= 4 is 11.6 Å². The van der Waals surface area contributed by atoms with Crippen LogP contribution in [0.3, 0.4) is 0 Å². The van der Waals surface area contributed by atoms with E-state index in [1.165, 1.54) is 0 Å². The van der Waals surface area contributed by atoms with E-state index in [-0.39, 0.29) is 17.6 Å². The fourth-order valence-electron chi connectivity index (χ4n) is 2.98. The van der Waals surface area contributed by atoms with Crippen molar-refractivity contribution in [2.45, 2.75) is 77.0 Å². The summed E-state index contributed by atoms with van der Waals surface area (Å²) in [5, 5.41) is 16.6. The lowest BCUT2D eigenvalue weighted by atomic mass is 9.94. The molecule has 1 amide bonds. The van der Waals surface area contributed by atoms with Crippen molar-refractivity contribution in [2.75, 3.05) is 13.1 Å². The van der Waals surface area contributed by atoms with E-state index in [1.807, 2.05) is 20.8 Å². The molecule has 1 saturated carbocycles. The van der Waals surface area contributed by atoms with Gasteiger partial charge in [0.25, 0.3) is 0 Å². The molecule has 2 fully saturated rings. The number of amides is 1. The van der Waals surface area contributed by atoms with E-state index in [4.69, 9.17) is 10.1 Å². The molecule has 1 atom stereocenters.